The maximum atomic E-state index is 3.36. The Morgan fingerprint density at radius 3 is 0.880 bits per heavy atom. The Balaban J connectivity index is -0.0000000226. The minimum absolute atomic E-state index is 0.884. The van der Waals surface area contributed by atoms with Crippen molar-refractivity contribution in [1.29, 1.82) is 0 Å². The van der Waals surface area contributed by atoms with Crippen LogP contribution in [0.15, 0.2) is 25.8 Å². The van der Waals surface area contributed by atoms with E-state index < -0.39 is 0 Å². The summed E-state index contributed by atoms with van der Waals surface area (Å²) in [6.45, 7) is 38.1. The summed E-state index contributed by atoms with van der Waals surface area (Å²) in [6, 6.07) is 0. The minimum atomic E-state index is 0.884. The third-order valence-corrected chi connectivity index (χ3v) is 1.57. The van der Waals surface area contributed by atoms with E-state index in [0.717, 1.165) is 5.92 Å². The summed E-state index contributed by atoms with van der Waals surface area (Å²) in [6.07, 6.45) is 6.94. The molecule has 0 N–H and O–H groups in total. The number of allylic oxidation sites excluding steroid dienone is 1. The number of rotatable bonds is 2. The molecule has 0 fully saturated rings. The van der Waals surface area contributed by atoms with Gasteiger partial charge in [-0.1, -0.05) is 108 Å². The highest BCUT2D eigenvalue weighted by Crippen LogP contribution is 1.93. The molecule has 0 rings (SSSR count). The van der Waals surface area contributed by atoms with E-state index >= 15 is 0 Å². The molecule has 0 saturated carbocycles. The summed E-state index contributed by atoms with van der Waals surface area (Å²) in [5.74, 6) is 6.25. The summed E-state index contributed by atoms with van der Waals surface area (Å²) in [5, 5.41) is 0. The summed E-state index contributed by atoms with van der Waals surface area (Å²) in [4.78, 5) is 0. The second kappa shape index (κ2) is 137. The molecule has 0 atom stereocenters. The maximum absolute atomic E-state index is 3.36. The van der Waals surface area contributed by atoms with Gasteiger partial charge in [-0.3, -0.25) is 0 Å². The van der Waals surface area contributed by atoms with Crippen molar-refractivity contribution in [1.82, 2.24) is 0 Å². The van der Waals surface area contributed by atoms with E-state index in [4.69, 9.17) is 0 Å². The summed E-state index contributed by atoms with van der Waals surface area (Å²) >= 11 is 0. The van der Waals surface area contributed by atoms with Gasteiger partial charge in [-0.2, -0.15) is 0 Å². The predicted octanol–water partition coefficient (Wildman–Crippen LogP) is 10.4. The third-order valence-electron chi connectivity index (χ3n) is 1.57. The van der Waals surface area contributed by atoms with E-state index in [1.165, 1.54) is 25.7 Å². The second-order valence-corrected chi connectivity index (χ2v) is 4.42. The summed E-state index contributed by atoms with van der Waals surface area (Å²) in [5.41, 5.74) is 0. The second-order valence-electron chi connectivity index (χ2n) is 4.42. The fourth-order valence-electron chi connectivity index (χ4n) is 0. The molecule has 0 radical (unpaired) electrons. The molecule has 0 bridgehead atoms. The third kappa shape index (κ3) is 1100. The van der Waals surface area contributed by atoms with Crippen molar-refractivity contribution in [3.63, 3.8) is 0 Å². The molecule has 0 unspecified atom stereocenters. The molecular formula is C25H58. The van der Waals surface area contributed by atoms with Gasteiger partial charge < -0.3 is 0 Å². The Bertz CT molecular complexity index is 147. The lowest BCUT2D eigenvalue weighted by atomic mass is 10.2. The Morgan fingerprint density at radius 1 is 0.760 bits per heavy atom. The van der Waals surface area contributed by atoms with Crippen LogP contribution in [0.5, 0.6) is 0 Å². The van der Waals surface area contributed by atoms with Gasteiger partial charge in [-0.15, -0.1) is 31.6 Å². The Morgan fingerprint density at radius 2 is 0.880 bits per heavy atom. The first-order valence-electron chi connectivity index (χ1n) is 10.3. The molecule has 0 aromatic heterocycles. The van der Waals surface area contributed by atoms with Gasteiger partial charge in [0.1, 0.15) is 0 Å². The smallest absolute Gasteiger partial charge is 0.00271 e. The lowest BCUT2D eigenvalue weighted by molar-refractivity contribution is 0.626. The summed E-state index contributed by atoms with van der Waals surface area (Å²) in [7, 11) is 0. The van der Waals surface area contributed by atoms with Crippen LogP contribution in [-0.4, -0.2) is 0 Å². The molecular weight excluding hydrogens is 300 g/mol. The summed E-state index contributed by atoms with van der Waals surface area (Å²) < 4.78 is 0. The van der Waals surface area contributed by atoms with Gasteiger partial charge in [0.2, 0.25) is 0 Å². The van der Waals surface area contributed by atoms with Crippen LogP contribution in [-0.2, 0) is 0 Å². The molecule has 0 saturated heterocycles. The van der Waals surface area contributed by atoms with Crippen LogP contribution < -0.4 is 0 Å². The average molecular weight is 359 g/mol. The zero-order valence-corrected chi connectivity index (χ0v) is 21.1. The Labute approximate surface area is 166 Å². The van der Waals surface area contributed by atoms with Crippen molar-refractivity contribution in [3.05, 3.63) is 25.8 Å². The molecule has 0 aliphatic carbocycles. The highest BCUT2D eigenvalue weighted by Gasteiger charge is 1.80. The lowest BCUT2D eigenvalue weighted by Gasteiger charge is -1.90. The zero-order chi connectivity index (χ0) is 22.5. The molecule has 0 aliphatic rings. The maximum Gasteiger partial charge on any atom is -0.00271 e. The van der Waals surface area contributed by atoms with Crippen molar-refractivity contribution in [2.75, 3.05) is 0 Å². The van der Waals surface area contributed by atoms with Crippen molar-refractivity contribution >= 4 is 0 Å². The fraction of sp³-hybridized carbons (Fsp3) is 0.760. The van der Waals surface area contributed by atoms with E-state index in [9.17, 15) is 0 Å². The van der Waals surface area contributed by atoms with Crippen LogP contribution >= 0.6 is 0 Å². The van der Waals surface area contributed by atoms with Crippen molar-refractivity contribution in [2.24, 2.45) is 5.92 Å². The number of unbranched alkanes of at least 4 members (excludes halogenated alkanes) is 1. The van der Waals surface area contributed by atoms with E-state index in [0.29, 0.717) is 0 Å². The normalized spacial score (nSPS) is 5.56. The first-order chi connectivity index (χ1) is 11.9. The molecule has 0 amide bonds. The van der Waals surface area contributed by atoms with Crippen LogP contribution in [0, 0.1) is 17.8 Å². The molecule has 0 aliphatic heterocycles. The molecule has 25 heavy (non-hydrogen) atoms. The van der Waals surface area contributed by atoms with Crippen molar-refractivity contribution in [2.45, 2.75) is 123 Å². The topological polar surface area (TPSA) is 0 Å². The number of hydrogen-bond acceptors (Lipinski definition) is 0. The quantitative estimate of drug-likeness (QED) is 0.340. The average Bonchev–Trinajstić information content (AvgIpc) is 2.68. The van der Waals surface area contributed by atoms with E-state index in [1.54, 1.807) is 6.08 Å². The lowest BCUT2D eigenvalue weighted by Crippen LogP contribution is -1.77. The molecule has 0 heteroatoms. The standard InChI is InChI=1S/C5H12.C4H10.C4H6.C3H8.C3H6.2C2H6.C2H4/c1-4-5(2)3;2*1-3-4-2;2*1-3-2;3*1-2/h5H,4H2,1-3H3;3-4H2,1-2H3;1-2H3;3H2,1-2H3;3H,1H2,2H3;2*1-2H3;1-2H2. The Hall–Kier alpha value is -0.960. The molecule has 0 nitrogen and oxygen atoms in total. The van der Waals surface area contributed by atoms with Gasteiger partial charge in [0.25, 0.3) is 0 Å². The first kappa shape index (κ1) is 49.6. The number of hydrogen-bond donors (Lipinski definition) is 0. The molecule has 0 spiro atoms. The van der Waals surface area contributed by atoms with Crippen molar-refractivity contribution < 1.29 is 0 Å². The molecule has 0 aromatic carbocycles. The highest BCUT2D eigenvalue weighted by molar-refractivity contribution is 4.89. The molecule has 0 aromatic rings. The van der Waals surface area contributed by atoms with Crippen LogP contribution in [0.1, 0.15) is 123 Å². The first-order valence-corrected chi connectivity index (χ1v) is 10.3. The van der Waals surface area contributed by atoms with E-state index in [2.05, 4.69) is 80.0 Å². The monoisotopic (exact) mass is 358 g/mol. The fourth-order valence-corrected chi connectivity index (χ4v) is 0. The SMILES string of the molecule is C=C.C=CC.CC.CC.CC#CC.CCC.CCC(C)C.CCCC. The van der Waals surface area contributed by atoms with Gasteiger partial charge in [0, 0.05) is 0 Å². The van der Waals surface area contributed by atoms with E-state index in [-0.39, 0.29) is 0 Å². The van der Waals surface area contributed by atoms with Crippen LogP contribution in [0.25, 0.3) is 0 Å². The highest BCUT2D eigenvalue weighted by atomic mass is 13.9. The van der Waals surface area contributed by atoms with Gasteiger partial charge in [0.05, 0.1) is 0 Å². The van der Waals surface area contributed by atoms with Gasteiger partial charge >= 0.3 is 0 Å². The van der Waals surface area contributed by atoms with E-state index in [1.807, 2.05) is 48.5 Å². The van der Waals surface area contributed by atoms with Gasteiger partial charge in [-0.05, 0) is 26.7 Å². The Kier molecular flexibility index (Phi) is 272. The molecule has 0 heterocycles. The van der Waals surface area contributed by atoms with Crippen LogP contribution in [0.4, 0.5) is 0 Å². The van der Waals surface area contributed by atoms with Gasteiger partial charge in [-0.25, -0.2) is 0 Å². The van der Waals surface area contributed by atoms with Crippen molar-refractivity contribution in [3.8, 4) is 11.8 Å². The minimum Gasteiger partial charge on any atom is -0.107 e. The van der Waals surface area contributed by atoms with Gasteiger partial charge in [0.15, 0.2) is 0 Å². The zero-order valence-electron chi connectivity index (χ0n) is 21.1. The van der Waals surface area contributed by atoms with Crippen LogP contribution in [0.2, 0.25) is 0 Å². The largest absolute Gasteiger partial charge is 0.107 e. The predicted molar refractivity (Wildman–Crippen MR) is 131 cm³/mol. The van der Waals surface area contributed by atoms with Crippen LogP contribution in [0.3, 0.4) is 0 Å². The molecule has 158 valence electrons.